The molecule has 31 heavy (non-hydrogen) atoms. The molecule has 1 aliphatic heterocycles. The van der Waals surface area contributed by atoms with Gasteiger partial charge in [-0.1, -0.05) is 54.6 Å². The van der Waals surface area contributed by atoms with Crippen LogP contribution in [0.15, 0.2) is 103 Å². The standard InChI is InChI=1S/C27H24O3P/c1-28-25-17-21(18-26-27(25)30-20-29-26)19-31(22-11-5-2-6-12-22,23-13-7-3-8-14-23)24-15-9-4-10-16-24/h2-18H,19-20H2,1H3/q+1. The minimum atomic E-state index is -1.98. The predicted octanol–water partition coefficient (Wildman–Crippen LogP) is 4.92. The largest absolute Gasteiger partial charge is 0.493 e. The van der Waals surface area contributed by atoms with Gasteiger partial charge in [-0.25, -0.2) is 0 Å². The fourth-order valence-electron chi connectivity index (χ4n) is 4.32. The third kappa shape index (κ3) is 3.56. The van der Waals surface area contributed by atoms with Crippen LogP contribution < -0.4 is 30.1 Å². The number of methoxy groups -OCH3 is 1. The molecule has 4 aromatic carbocycles. The molecule has 0 fully saturated rings. The van der Waals surface area contributed by atoms with Crippen molar-refractivity contribution in [2.24, 2.45) is 0 Å². The smallest absolute Gasteiger partial charge is 0.231 e. The van der Waals surface area contributed by atoms with Crippen LogP contribution in [0, 0.1) is 0 Å². The quantitative estimate of drug-likeness (QED) is 0.409. The van der Waals surface area contributed by atoms with Crippen molar-refractivity contribution in [3.05, 3.63) is 109 Å². The van der Waals surface area contributed by atoms with E-state index in [0.717, 1.165) is 17.7 Å². The van der Waals surface area contributed by atoms with E-state index in [-0.39, 0.29) is 6.79 Å². The normalized spacial score (nSPS) is 12.5. The van der Waals surface area contributed by atoms with Crippen LogP contribution >= 0.6 is 7.26 Å². The summed E-state index contributed by atoms with van der Waals surface area (Å²) in [6.45, 7) is 0.228. The molecule has 0 bridgehead atoms. The molecule has 0 saturated carbocycles. The summed E-state index contributed by atoms with van der Waals surface area (Å²) in [6.07, 6.45) is 0.859. The van der Waals surface area contributed by atoms with Crippen LogP contribution in [0.1, 0.15) is 5.56 Å². The Labute approximate surface area is 183 Å². The first kappa shape index (κ1) is 19.7. The Kier molecular flexibility index (Phi) is 5.36. The molecule has 0 amide bonds. The van der Waals surface area contributed by atoms with Gasteiger partial charge in [-0.2, -0.15) is 0 Å². The number of fused-ring (bicyclic) bond motifs is 1. The van der Waals surface area contributed by atoms with E-state index >= 15 is 0 Å². The SMILES string of the molecule is COc1cc(C[P+](c2ccccc2)(c2ccccc2)c2ccccc2)cc2c1OCO2. The maximum atomic E-state index is 5.72. The van der Waals surface area contributed by atoms with Crippen molar-refractivity contribution in [3.8, 4) is 17.2 Å². The Bertz CT molecular complexity index is 1060. The summed E-state index contributed by atoms with van der Waals surface area (Å²) in [7, 11) is -0.307. The summed E-state index contributed by atoms with van der Waals surface area (Å²) in [5.74, 6) is 2.16. The second kappa shape index (κ2) is 8.45. The van der Waals surface area contributed by atoms with E-state index in [1.54, 1.807) is 7.11 Å². The lowest BCUT2D eigenvalue weighted by atomic mass is 10.2. The maximum Gasteiger partial charge on any atom is 0.231 e. The highest BCUT2D eigenvalue weighted by Gasteiger charge is 2.45. The maximum absolute atomic E-state index is 5.72. The Balaban J connectivity index is 1.75. The first-order chi connectivity index (χ1) is 15.3. The molecule has 0 saturated heterocycles. The molecular formula is C27H24O3P+. The summed E-state index contributed by atoms with van der Waals surface area (Å²) in [4.78, 5) is 0. The van der Waals surface area contributed by atoms with Crippen LogP contribution in [-0.2, 0) is 6.16 Å². The molecule has 0 radical (unpaired) electrons. The lowest BCUT2D eigenvalue weighted by Crippen LogP contribution is -2.32. The van der Waals surface area contributed by atoms with Gasteiger partial charge in [0.05, 0.1) is 13.3 Å². The number of hydrogen-bond donors (Lipinski definition) is 0. The first-order valence-electron chi connectivity index (χ1n) is 10.3. The fourth-order valence-corrected chi connectivity index (χ4v) is 8.53. The van der Waals surface area contributed by atoms with E-state index in [1.807, 2.05) is 0 Å². The Hall–Kier alpha value is -3.29. The van der Waals surface area contributed by atoms with Crippen molar-refractivity contribution in [2.75, 3.05) is 13.9 Å². The van der Waals surface area contributed by atoms with Crippen molar-refractivity contribution in [1.29, 1.82) is 0 Å². The third-order valence-electron chi connectivity index (χ3n) is 5.73. The molecule has 4 heteroatoms. The highest BCUT2D eigenvalue weighted by molar-refractivity contribution is 7.95. The van der Waals surface area contributed by atoms with Gasteiger partial charge in [0, 0.05) is 0 Å². The van der Waals surface area contributed by atoms with E-state index in [0.29, 0.717) is 5.75 Å². The van der Waals surface area contributed by atoms with Crippen molar-refractivity contribution >= 4 is 23.2 Å². The minimum Gasteiger partial charge on any atom is -0.493 e. The van der Waals surface area contributed by atoms with Crippen LogP contribution in [0.25, 0.3) is 0 Å². The molecule has 0 unspecified atom stereocenters. The van der Waals surface area contributed by atoms with Crippen LogP contribution in [0.5, 0.6) is 17.2 Å². The number of rotatable bonds is 6. The van der Waals surface area contributed by atoms with E-state index in [1.165, 1.54) is 21.5 Å². The van der Waals surface area contributed by atoms with Gasteiger partial charge in [0.1, 0.15) is 23.2 Å². The molecule has 3 nitrogen and oxygen atoms in total. The van der Waals surface area contributed by atoms with Gasteiger partial charge in [0.2, 0.25) is 12.5 Å². The zero-order valence-corrected chi connectivity index (χ0v) is 18.3. The third-order valence-corrected chi connectivity index (χ3v) is 10.1. The monoisotopic (exact) mass is 427 g/mol. The lowest BCUT2D eigenvalue weighted by molar-refractivity contribution is 0.171. The molecule has 0 aromatic heterocycles. The summed E-state index contributed by atoms with van der Waals surface area (Å²) >= 11 is 0. The van der Waals surface area contributed by atoms with Crippen molar-refractivity contribution in [3.63, 3.8) is 0 Å². The average molecular weight is 427 g/mol. The van der Waals surface area contributed by atoms with Gasteiger partial charge >= 0.3 is 0 Å². The fraction of sp³-hybridized carbons (Fsp3) is 0.111. The minimum absolute atomic E-state index is 0.228. The van der Waals surface area contributed by atoms with E-state index < -0.39 is 7.26 Å². The number of ether oxygens (including phenoxy) is 3. The van der Waals surface area contributed by atoms with E-state index in [2.05, 4.69) is 103 Å². The molecule has 4 aromatic rings. The Morgan fingerprint density at radius 3 is 1.71 bits per heavy atom. The van der Waals surface area contributed by atoms with E-state index in [9.17, 15) is 0 Å². The van der Waals surface area contributed by atoms with Crippen molar-refractivity contribution < 1.29 is 14.2 Å². The van der Waals surface area contributed by atoms with E-state index in [4.69, 9.17) is 14.2 Å². The predicted molar refractivity (Wildman–Crippen MR) is 128 cm³/mol. The van der Waals surface area contributed by atoms with Gasteiger partial charge < -0.3 is 14.2 Å². The van der Waals surface area contributed by atoms with Gasteiger partial charge in [-0.3, -0.25) is 0 Å². The van der Waals surface area contributed by atoms with Gasteiger partial charge in [0.25, 0.3) is 0 Å². The molecule has 0 atom stereocenters. The van der Waals surface area contributed by atoms with Crippen LogP contribution in [-0.4, -0.2) is 13.9 Å². The topological polar surface area (TPSA) is 27.7 Å². The summed E-state index contributed by atoms with van der Waals surface area (Å²) in [5.41, 5.74) is 1.17. The lowest BCUT2D eigenvalue weighted by Gasteiger charge is -2.28. The average Bonchev–Trinajstić information content (AvgIpc) is 3.32. The van der Waals surface area contributed by atoms with Gasteiger partial charge in [-0.05, 0) is 54.1 Å². The van der Waals surface area contributed by atoms with Crippen LogP contribution in [0.3, 0.4) is 0 Å². The summed E-state index contributed by atoms with van der Waals surface area (Å²) < 4.78 is 17.0. The second-order valence-corrected chi connectivity index (χ2v) is 11.0. The van der Waals surface area contributed by atoms with Gasteiger partial charge in [0.15, 0.2) is 11.5 Å². The molecule has 0 spiro atoms. The van der Waals surface area contributed by atoms with Crippen molar-refractivity contribution in [1.82, 2.24) is 0 Å². The summed E-state index contributed by atoms with van der Waals surface area (Å²) in [6, 6.07) is 36.8. The molecule has 5 rings (SSSR count). The Morgan fingerprint density at radius 2 is 1.23 bits per heavy atom. The summed E-state index contributed by atoms with van der Waals surface area (Å²) in [5, 5.41) is 4.05. The molecule has 1 aliphatic rings. The first-order valence-corrected chi connectivity index (χ1v) is 12.3. The zero-order valence-electron chi connectivity index (χ0n) is 17.4. The molecule has 154 valence electrons. The van der Waals surface area contributed by atoms with Gasteiger partial charge in [-0.15, -0.1) is 0 Å². The highest BCUT2D eigenvalue weighted by atomic mass is 31.2. The molecular weight excluding hydrogens is 403 g/mol. The number of benzene rings is 4. The number of hydrogen-bond acceptors (Lipinski definition) is 3. The highest BCUT2D eigenvalue weighted by Crippen LogP contribution is 2.59. The second-order valence-electron chi connectivity index (χ2n) is 7.51. The van der Waals surface area contributed by atoms with Crippen LogP contribution in [0.2, 0.25) is 0 Å². The van der Waals surface area contributed by atoms with Crippen molar-refractivity contribution in [2.45, 2.75) is 6.16 Å². The molecule has 1 heterocycles. The molecule has 0 N–H and O–H groups in total. The Morgan fingerprint density at radius 1 is 0.710 bits per heavy atom. The van der Waals surface area contributed by atoms with Crippen LogP contribution in [0.4, 0.5) is 0 Å². The molecule has 0 aliphatic carbocycles. The zero-order chi connectivity index (χ0) is 21.1.